The third-order valence-electron chi connectivity index (χ3n) is 3.48. The maximum atomic E-state index is 12.2. The number of carbonyl (C=O) groups excluding carboxylic acids is 1. The molecule has 1 amide bonds. The molecule has 0 bridgehead atoms. The molecule has 1 aromatic carbocycles. The van der Waals surface area contributed by atoms with Crippen LogP contribution in [0.4, 0.5) is 5.69 Å². The van der Waals surface area contributed by atoms with E-state index in [9.17, 15) is 14.7 Å². The molecule has 0 saturated heterocycles. The number of amides is 1. The second-order valence-electron chi connectivity index (χ2n) is 4.79. The number of methoxy groups -OCH3 is 1. The summed E-state index contributed by atoms with van der Waals surface area (Å²) < 4.78 is 4.98. The van der Waals surface area contributed by atoms with E-state index in [1.54, 1.807) is 13.0 Å². The Morgan fingerprint density at radius 1 is 1.45 bits per heavy atom. The number of ether oxygens (including phenoxy) is 1. The van der Waals surface area contributed by atoms with Gasteiger partial charge in [-0.25, -0.2) is 4.79 Å². The van der Waals surface area contributed by atoms with Crippen molar-refractivity contribution in [2.24, 2.45) is 11.1 Å². The molecule has 20 heavy (non-hydrogen) atoms. The Morgan fingerprint density at radius 3 is 2.55 bits per heavy atom. The van der Waals surface area contributed by atoms with Crippen LogP contribution in [0.15, 0.2) is 18.2 Å². The van der Waals surface area contributed by atoms with Gasteiger partial charge in [-0.3, -0.25) is 4.79 Å². The standard InChI is InChI=1S/C14H20N2O4/c1-4-14(2,8-15)13(19)16-11-6-5-9(20-3)7-10(11)12(17)18/h5-7H,4,8,15H2,1-3H3,(H,16,19)(H,17,18). The maximum absolute atomic E-state index is 12.2. The van der Waals surface area contributed by atoms with Crippen LogP contribution >= 0.6 is 0 Å². The quantitative estimate of drug-likeness (QED) is 0.736. The Balaban J connectivity index is 3.09. The van der Waals surface area contributed by atoms with Crippen LogP contribution in [0.3, 0.4) is 0 Å². The zero-order chi connectivity index (χ0) is 15.3. The molecule has 0 aliphatic rings. The van der Waals surface area contributed by atoms with Crippen molar-refractivity contribution >= 4 is 17.6 Å². The minimum absolute atomic E-state index is 0.0202. The van der Waals surface area contributed by atoms with E-state index >= 15 is 0 Å². The summed E-state index contributed by atoms with van der Waals surface area (Å²) in [6.07, 6.45) is 0.563. The number of anilines is 1. The predicted octanol–water partition coefficient (Wildman–Crippen LogP) is 1.71. The van der Waals surface area contributed by atoms with Gasteiger partial charge >= 0.3 is 5.97 Å². The van der Waals surface area contributed by atoms with Crippen LogP contribution < -0.4 is 15.8 Å². The Kier molecular flexibility index (Phi) is 5.10. The second kappa shape index (κ2) is 6.38. The monoisotopic (exact) mass is 280 g/mol. The van der Waals surface area contributed by atoms with Gasteiger partial charge in [-0.05, 0) is 31.5 Å². The minimum atomic E-state index is -1.13. The lowest BCUT2D eigenvalue weighted by Gasteiger charge is -2.25. The Labute approximate surface area is 117 Å². The first kappa shape index (κ1) is 16.0. The Bertz CT molecular complexity index is 510. The summed E-state index contributed by atoms with van der Waals surface area (Å²) in [5.74, 6) is -1.02. The molecule has 0 aliphatic heterocycles. The highest BCUT2D eigenvalue weighted by Gasteiger charge is 2.30. The summed E-state index contributed by atoms with van der Waals surface area (Å²) in [6, 6.07) is 4.46. The SMILES string of the molecule is CCC(C)(CN)C(=O)Nc1ccc(OC)cc1C(=O)O. The fourth-order valence-corrected chi connectivity index (χ4v) is 1.61. The predicted molar refractivity (Wildman–Crippen MR) is 76.0 cm³/mol. The third-order valence-corrected chi connectivity index (χ3v) is 3.48. The second-order valence-corrected chi connectivity index (χ2v) is 4.79. The van der Waals surface area contributed by atoms with E-state index in [-0.39, 0.29) is 23.7 Å². The van der Waals surface area contributed by atoms with E-state index in [2.05, 4.69) is 5.32 Å². The van der Waals surface area contributed by atoms with Gasteiger partial charge in [-0.15, -0.1) is 0 Å². The lowest BCUT2D eigenvalue weighted by Crippen LogP contribution is -2.39. The van der Waals surface area contributed by atoms with Crippen LogP contribution in [0.1, 0.15) is 30.6 Å². The van der Waals surface area contributed by atoms with E-state index in [4.69, 9.17) is 10.5 Å². The molecule has 6 nitrogen and oxygen atoms in total. The summed E-state index contributed by atoms with van der Waals surface area (Å²) in [4.78, 5) is 23.4. The van der Waals surface area contributed by atoms with Crippen molar-refractivity contribution < 1.29 is 19.4 Å². The van der Waals surface area contributed by atoms with Crippen molar-refractivity contribution in [3.05, 3.63) is 23.8 Å². The van der Waals surface area contributed by atoms with Crippen LogP contribution in [0, 0.1) is 5.41 Å². The molecule has 0 fully saturated rings. The largest absolute Gasteiger partial charge is 0.497 e. The molecule has 0 heterocycles. The van der Waals surface area contributed by atoms with Gasteiger partial charge in [0, 0.05) is 6.54 Å². The molecule has 1 unspecified atom stereocenters. The molecular formula is C14H20N2O4. The van der Waals surface area contributed by atoms with Crippen molar-refractivity contribution in [1.82, 2.24) is 0 Å². The molecule has 0 saturated carbocycles. The van der Waals surface area contributed by atoms with Gasteiger partial charge in [0.05, 0.1) is 23.8 Å². The molecule has 1 rings (SSSR count). The first-order valence-corrected chi connectivity index (χ1v) is 6.30. The summed E-state index contributed by atoms with van der Waals surface area (Å²) in [6.45, 7) is 3.79. The summed E-state index contributed by atoms with van der Waals surface area (Å²) in [5, 5.41) is 11.8. The Morgan fingerprint density at radius 2 is 2.10 bits per heavy atom. The van der Waals surface area contributed by atoms with E-state index in [1.807, 2.05) is 6.92 Å². The number of carbonyl (C=O) groups is 2. The van der Waals surface area contributed by atoms with E-state index < -0.39 is 11.4 Å². The van der Waals surface area contributed by atoms with Gasteiger partial charge < -0.3 is 20.9 Å². The number of carboxylic acid groups (broad SMARTS) is 1. The van der Waals surface area contributed by atoms with E-state index in [0.29, 0.717) is 12.2 Å². The topological polar surface area (TPSA) is 102 Å². The summed E-state index contributed by atoms with van der Waals surface area (Å²) >= 11 is 0. The third kappa shape index (κ3) is 3.27. The van der Waals surface area contributed by atoms with Crippen molar-refractivity contribution in [3.63, 3.8) is 0 Å². The van der Waals surface area contributed by atoms with Gasteiger partial charge in [0.1, 0.15) is 5.75 Å². The molecule has 0 spiro atoms. The van der Waals surface area contributed by atoms with Crippen LogP contribution in [-0.2, 0) is 4.79 Å². The zero-order valence-electron chi connectivity index (χ0n) is 11.9. The van der Waals surface area contributed by atoms with Crippen molar-refractivity contribution in [1.29, 1.82) is 0 Å². The maximum Gasteiger partial charge on any atom is 0.337 e. The number of aromatic carboxylic acids is 1. The summed E-state index contributed by atoms with van der Waals surface area (Å²) in [5.41, 5.74) is 5.10. The molecule has 0 radical (unpaired) electrons. The first-order valence-electron chi connectivity index (χ1n) is 6.30. The smallest absolute Gasteiger partial charge is 0.337 e. The highest BCUT2D eigenvalue weighted by Crippen LogP contribution is 2.26. The number of hydrogen-bond acceptors (Lipinski definition) is 4. The number of carboxylic acids is 1. The average molecular weight is 280 g/mol. The Hall–Kier alpha value is -2.08. The van der Waals surface area contributed by atoms with Gasteiger partial charge in [-0.2, -0.15) is 0 Å². The lowest BCUT2D eigenvalue weighted by atomic mass is 9.86. The highest BCUT2D eigenvalue weighted by atomic mass is 16.5. The molecule has 4 N–H and O–H groups in total. The molecular weight excluding hydrogens is 260 g/mol. The van der Waals surface area contributed by atoms with E-state index in [0.717, 1.165) is 0 Å². The molecule has 1 atom stereocenters. The van der Waals surface area contributed by atoms with Crippen LogP contribution in [0.2, 0.25) is 0 Å². The molecule has 110 valence electrons. The molecule has 1 aromatic rings. The highest BCUT2D eigenvalue weighted by molar-refractivity contribution is 6.02. The normalized spacial score (nSPS) is 13.4. The number of benzene rings is 1. The lowest BCUT2D eigenvalue weighted by molar-refractivity contribution is -0.124. The molecule has 6 heteroatoms. The van der Waals surface area contributed by atoms with Gasteiger partial charge in [0.25, 0.3) is 0 Å². The van der Waals surface area contributed by atoms with Crippen LogP contribution in [0.25, 0.3) is 0 Å². The number of nitrogens with two attached hydrogens (primary N) is 1. The van der Waals surface area contributed by atoms with Gasteiger partial charge in [0.2, 0.25) is 5.91 Å². The number of hydrogen-bond donors (Lipinski definition) is 3. The van der Waals surface area contributed by atoms with Crippen molar-refractivity contribution in [3.8, 4) is 5.75 Å². The van der Waals surface area contributed by atoms with Gasteiger partial charge in [-0.1, -0.05) is 6.92 Å². The molecule has 0 aromatic heterocycles. The number of rotatable bonds is 6. The molecule has 0 aliphatic carbocycles. The zero-order valence-corrected chi connectivity index (χ0v) is 11.9. The fraction of sp³-hybridized carbons (Fsp3) is 0.429. The minimum Gasteiger partial charge on any atom is -0.497 e. The van der Waals surface area contributed by atoms with E-state index in [1.165, 1.54) is 19.2 Å². The fourth-order valence-electron chi connectivity index (χ4n) is 1.61. The van der Waals surface area contributed by atoms with Crippen LogP contribution in [-0.4, -0.2) is 30.6 Å². The van der Waals surface area contributed by atoms with Crippen LogP contribution in [0.5, 0.6) is 5.75 Å². The average Bonchev–Trinajstić information content (AvgIpc) is 2.46. The van der Waals surface area contributed by atoms with Crippen molar-refractivity contribution in [2.75, 3.05) is 19.0 Å². The number of nitrogens with one attached hydrogen (secondary N) is 1. The van der Waals surface area contributed by atoms with Gasteiger partial charge in [0.15, 0.2) is 0 Å². The summed E-state index contributed by atoms with van der Waals surface area (Å²) in [7, 11) is 1.45. The first-order chi connectivity index (χ1) is 9.37. The van der Waals surface area contributed by atoms with Crippen molar-refractivity contribution in [2.45, 2.75) is 20.3 Å².